The van der Waals surface area contributed by atoms with Crippen molar-refractivity contribution in [2.24, 2.45) is 0 Å². The Morgan fingerprint density at radius 2 is 2.00 bits per heavy atom. The van der Waals surface area contributed by atoms with E-state index in [0.29, 0.717) is 27.9 Å². The van der Waals surface area contributed by atoms with Crippen molar-refractivity contribution in [2.45, 2.75) is 31.3 Å². The molecule has 1 heterocycles. The molecule has 4 nitrogen and oxygen atoms in total. The summed E-state index contributed by atoms with van der Waals surface area (Å²) in [4.78, 5) is 8.73. The smallest absolute Gasteiger partial charge is 0.189 e. The number of hydrogen-bond acceptors (Lipinski definition) is 5. The third-order valence-electron chi connectivity index (χ3n) is 3.12. The van der Waals surface area contributed by atoms with Crippen molar-refractivity contribution in [3.8, 4) is 6.07 Å². The number of anilines is 1. The fourth-order valence-electron chi connectivity index (χ4n) is 1.92. The third-order valence-corrected chi connectivity index (χ3v) is 4.30. The molecule has 114 valence electrons. The number of benzene rings is 1. The standard InChI is InChI=1S/C16H17ClN4S/c1-2-3-8-22-16-20-14(13(10-18)15(19)21-16)9-11-4-6-12(17)7-5-11/h4-7H,2-3,8-9H2,1H3,(H2,19,20,21). The van der Waals surface area contributed by atoms with Gasteiger partial charge in [-0.3, -0.25) is 0 Å². The lowest BCUT2D eigenvalue weighted by molar-refractivity contribution is 0.876. The fraction of sp³-hybridized carbons (Fsp3) is 0.312. The van der Waals surface area contributed by atoms with Gasteiger partial charge in [0.1, 0.15) is 17.5 Å². The molecule has 2 rings (SSSR count). The van der Waals surface area contributed by atoms with Crippen LogP contribution in [0.25, 0.3) is 0 Å². The van der Waals surface area contributed by atoms with Crippen molar-refractivity contribution in [3.63, 3.8) is 0 Å². The lowest BCUT2D eigenvalue weighted by Crippen LogP contribution is -2.06. The van der Waals surface area contributed by atoms with Crippen LogP contribution in [0.15, 0.2) is 29.4 Å². The molecule has 0 amide bonds. The molecule has 0 saturated heterocycles. The summed E-state index contributed by atoms with van der Waals surface area (Å²) >= 11 is 7.47. The van der Waals surface area contributed by atoms with Crippen molar-refractivity contribution in [2.75, 3.05) is 11.5 Å². The second-order valence-corrected chi connectivity index (χ2v) is 6.33. The molecule has 0 saturated carbocycles. The maximum atomic E-state index is 9.29. The maximum Gasteiger partial charge on any atom is 0.189 e. The van der Waals surface area contributed by atoms with Gasteiger partial charge in [0.25, 0.3) is 0 Å². The molecule has 0 aliphatic rings. The largest absolute Gasteiger partial charge is 0.382 e. The Hall–Kier alpha value is -1.77. The topological polar surface area (TPSA) is 75.6 Å². The zero-order valence-electron chi connectivity index (χ0n) is 12.3. The SMILES string of the molecule is CCCCSc1nc(N)c(C#N)c(Cc2ccc(Cl)cc2)n1. The van der Waals surface area contributed by atoms with Crippen molar-refractivity contribution < 1.29 is 0 Å². The summed E-state index contributed by atoms with van der Waals surface area (Å²) in [7, 11) is 0. The van der Waals surface area contributed by atoms with Crippen LogP contribution in [0.2, 0.25) is 5.02 Å². The van der Waals surface area contributed by atoms with Gasteiger partial charge < -0.3 is 5.73 Å². The summed E-state index contributed by atoms with van der Waals surface area (Å²) in [5, 5.41) is 10.6. The molecule has 2 N–H and O–H groups in total. The molecule has 1 aromatic heterocycles. The normalized spacial score (nSPS) is 10.4. The van der Waals surface area contributed by atoms with E-state index < -0.39 is 0 Å². The van der Waals surface area contributed by atoms with Gasteiger partial charge in [0.15, 0.2) is 5.16 Å². The van der Waals surface area contributed by atoms with Crippen LogP contribution in [0, 0.1) is 11.3 Å². The lowest BCUT2D eigenvalue weighted by atomic mass is 10.1. The van der Waals surface area contributed by atoms with Crippen molar-refractivity contribution in [3.05, 3.63) is 46.1 Å². The number of rotatable bonds is 6. The van der Waals surface area contributed by atoms with E-state index in [4.69, 9.17) is 17.3 Å². The van der Waals surface area contributed by atoms with Crippen LogP contribution in [0.1, 0.15) is 36.6 Å². The molecule has 0 fully saturated rings. The van der Waals surface area contributed by atoms with Crippen LogP contribution in [-0.2, 0) is 6.42 Å². The van der Waals surface area contributed by atoms with Crippen LogP contribution in [0.5, 0.6) is 0 Å². The third kappa shape index (κ3) is 4.36. The van der Waals surface area contributed by atoms with Crippen LogP contribution < -0.4 is 5.73 Å². The Morgan fingerprint density at radius 3 is 2.64 bits per heavy atom. The monoisotopic (exact) mass is 332 g/mol. The van der Waals surface area contributed by atoms with Crippen LogP contribution in [-0.4, -0.2) is 15.7 Å². The molecule has 0 spiro atoms. The summed E-state index contributed by atoms with van der Waals surface area (Å²) in [6.07, 6.45) is 2.75. The summed E-state index contributed by atoms with van der Waals surface area (Å²) < 4.78 is 0. The number of aromatic nitrogens is 2. The minimum Gasteiger partial charge on any atom is -0.382 e. The molecule has 0 atom stereocenters. The van der Waals surface area contributed by atoms with E-state index in [2.05, 4.69) is 23.0 Å². The Balaban J connectivity index is 2.27. The lowest BCUT2D eigenvalue weighted by Gasteiger charge is -2.08. The highest BCUT2D eigenvalue weighted by atomic mass is 35.5. The van der Waals surface area contributed by atoms with E-state index in [9.17, 15) is 5.26 Å². The molecule has 0 aliphatic carbocycles. The highest BCUT2D eigenvalue weighted by Gasteiger charge is 2.13. The summed E-state index contributed by atoms with van der Waals surface area (Å²) in [6, 6.07) is 9.60. The van der Waals surface area contributed by atoms with E-state index in [0.717, 1.165) is 24.2 Å². The van der Waals surface area contributed by atoms with Gasteiger partial charge in [0, 0.05) is 17.2 Å². The van der Waals surface area contributed by atoms with Gasteiger partial charge in [-0.2, -0.15) is 5.26 Å². The van der Waals surface area contributed by atoms with Crippen LogP contribution in [0.3, 0.4) is 0 Å². The molecule has 0 bridgehead atoms. The Morgan fingerprint density at radius 1 is 1.27 bits per heavy atom. The number of halogens is 1. The van der Waals surface area contributed by atoms with Crippen LogP contribution in [0.4, 0.5) is 5.82 Å². The van der Waals surface area contributed by atoms with Crippen molar-refractivity contribution in [1.29, 1.82) is 5.26 Å². The van der Waals surface area contributed by atoms with Gasteiger partial charge >= 0.3 is 0 Å². The molecule has 0 aliphatic heterocycles. The number of unbranched alkanes of at least 4 members (excludes halogenated alkanes) is 1. The molecular formula is C16H17ClN4S. The molecule has 22 heavy (non-hydrogen) atoms. The van der Waals surface area contributed by atoms with Crippen LogP contribution >= 0.6 is 23.4 Å². The number of nitrogens with zero attached hydrogens (tertiary/aromatic N) is 3. The molecule has 1 aromatic carbocycles. The van der Waals surface area contributed by atoms with Gasteiger partial charge in [-0.15, -0.1) is 0 Å². The first kappa shape index (κ1) is 16.6. The summed E-state index contributed by atoms with van der Waals surface area (Å²) in [5.41, 5.74) is 7.96. The van der Waals surface area contributed by atoms with Gasteiger partial charge in [-0.1, -0.05) is 48.8 Å². The summed E-state index contributed by atoms with van der Waals surface area (Å²) in [5.74, 6) is 1.20. The number of nitriles is 1. The van der Waals surface area contributed by atoms with Gasteiger partial charge in [0.2, 0.25) is 0 Å². The van der Waals surface area contributed by atoms with Gasteiger partial charge in [0.05, 0.1) is 5.69 Å². The van der Waals surface area contributed by atoms with Gasteiger partial charge in [-0.25, -0.2) is 9.97 Å². The minimum absolute atomic E-state index is 0.250. The number of hydrogen-bond donors (Lipinski definition) is 1. The Bertz CT molecular complexity index is 680. The van der Waals surface area contributed by atoms with E-state index in [1.54, 1.807) is 11.8 Å². The molecular weight excluding hydrogens is 316 g/mol. The van der Waals surface area contributed by atoms with Crippen molar-refractivity contribution >= 4 is 29.2 Å². The van der Waals surface area contributed by atoms with E-state index in [-0.39, 0.29) is 5.82 Å². The van der Waals surface area contributed by atoms with E-state index in [1.807, 2.05) is 24.3 Å². The second kappa shape index (κ2) is 8.02. The predicted octanol–water partition coefficient (Wildman–Crippen LogP) is 4.07. The first-order valence-electron chi connectivity index (χ1n) is 7.07. The molecule has 0 radical (unpaired) electrons. The first-order chi connectivity index (χ1) is 10.6. The predicted molar refractivity (Wildman–Crippen MR) is 91.0 cm³/mol. The average Bonchev–Trinajstić information content (AvgIpc) is 2.50. The summed E-state index contributed by atoms with van der Waals surface area (Å²) in [6.45, 7) is 2.14. The highest BCUT2D eigenvalue weighted by molar-refractivity contribution is 7.99. The second-order valence-electron chi connectivity index (χ2n) is 4.83. The molecule has 0 unspecified atom stereocenters. The zero-order chi connectivity index (χ0) is 15.9. The Labute approximate surface area is 139 Å². The van der Waals surface area contributed by atoms with Crippen molar-refractivity contribution in [1.82, 2.24) is 9.97 Å². The zero-order valence-corrected chi connectivity index (χ0v) is 13.9. The highest BCUT2D eigenvalue weighted by Crippen LogP contribution is 2.22. The minimum atomic E-state index is 0.250. The average molecular weight is 333 g/mol. The molecule has 6 heteroatoms. The maximum absolute atomic E-state index is 9.29. The quantitative estimate of drug-likeness (QED) is 0.490. The Kier molecular flexibility index (Phi) is 6.05. The number of nitrogen functional groups attached to an aromatic ring is 1. The van der Waals surface area contributed by atoms with E-state index >= 15 is 0 Å². The number of nitrogens with two attached hydrogens (primary N) is 1. The fourth-order valence-corrected chi connectivity index (χ4v) is 3.00. The molecule has 2 aromatic rings. The van der Waals surface area contributed by atoms with Gasteiger partial charge in [-0.05, 0) is 24.1 Å². The first-order valence-corrected chi connectivity index (χ1v) is 8.44. The van der Waals surface area contributed by atoms with E-state index in [1.165, 1.54) is 0 Å². The number of thioether (sulfide) groups is 1.